The number of hydrogen-bond acceptors (Lipinski definition) is 5. The van der Waals surface area contributed by atoms with Crippen LogP contribution in [0.3, 0.4) is 0 Å². The van der Waals surface area contributed by atoms with E-state index in [4.69, 9.17) is 0 Å². The molecule has 4 aromatic rings. The van der Waals surface area contributed by atoms with Crippen LogP contribution in [0.15, 0.2) is 54.9 Å². The summed E-state index contributed by atoms with van der Waals surface area (Å²) in [5.41, 5.74) is 5.63. The highest BCUT2D eigenvalue weighted by Gasteiger charge is 2.31. The lowest BCUT2D eigenvalue weighted by Crippen LogP contribution is -2.23. The van der Waals surface area contributed by atoms with Crippen molar-refractivity contribution in [3.05, 3.63) is 99.8 Å². The number of carbonyl (C=O) groups excluding carboxylic acids is 1. The van der Waals surface area contributed by atoms with E-state index in [1.54, 1.807) is 36.5 Å². The molecule has 178 valence electrons. The van der Waals surface area contributed by atoms with Crippen LogP contribution in [0.25, 0.3) is 10.9 Å². The fraction of sp³-hybridized carbons (Fsp3) is 0.231. The van der Waals surface area contributed by atoms with Crippen LogP contribution in [0.1, 0.15) is 49.7 Å². The third kappa shape index (κ3) is 5.00. The number of nitrogens with zero attached hydrogens (tertiary/aromatic N) is 3. The molecular weight excluding hydrogens is 455 g/mol. The van der Waals surface area contributed by atoms with Gasteiger partial charge in [-0.2, -0.15) is 13.2 Å². The van der Waals surface area contributed by atoms with Crippen LogP contribution < -0.4 is 10.6 Å². The molecule has 0 saturated heterocycles. The molecule has 1 aliphatic heterocycles. The Labute approximate surface area is 199 Å². The molecule has 4 heterocycles. The Hall–Kier alpha value is -3.85. The van der Waals surface area contributed by atoms with Crippen LogP contribution in [-0.2, 0) is 32.2 Å². The summed E-state index contributed by atoms with van der Waals surface area (Å²) in [6.45, 7) is 3.84. The van der Waals surface area contributed by atoms with E-state index in [0.717, 1.165) is 53.4 Å². The highest BCUT2D eigenvalue weighted by atomic mass is 19.4. The lowest BCUT2D eigenvalue weighted by Gasteiger charge is -2.11. The van der Waals surface area contributed by atoms with Crippen molar-refractivity contribution in [2.24, 2.45) is 0 Å². The van der Waals surface area contributed by atoms with Crippen molar-refractivity contribution in [2.75, 3.05) is 0 Å². The number of benzene rings is 1. The van der Waals surface area contributed by atoms with Gasteiger partial charge in [0.15, 0.2) is 0 Å². The zero-order valence-electron chi connectivity index (χ0n) is 18.9. The number of pyridine rings is 3. The molecule has 1 amide bonds. The van der Waals surface area contributed by atoms with Crippen molar-refractivity contribution < 1.29 is 18.0 Å². The van der Waals surface area contributed by atoms with E-state index >= 15 is 0 Å². The van der Waals surface area contributed by atoms with Gasteiger partial charge in [0.2, 0.25) is 0 Å². The Morgan fingerprint density at radius 1 is 1.09 bits per heavy atom. The van der Waals surface area contributed by atoms with Crippen LogP contribution in [-0.4, -0.2) is 20.9 Å². The van der Waals surface area contributed by atoms with Crippen LogP contribution in [0, 0.1) is 6.92 Å². The van der Waals surface area contributed by atoms with Crippen LogP contribution >= 0.6 is 0 Å². The second kappa shape index (κ2) is 9.07. The first kappa shape index (κ1) is 22.9. The lowest BCUT2D eigenvalue weighted by molar-refractivity contribution is -0.137. The maximum absolute atomic E-state index is 13.0. The first-order valence-corrected chi connectivity index (χ1v) is 11.1. The number of aromatic nitrogens is 3. The topological polar surface area (TPSA) is 79.8 Å². The molecule has 0 unspecified atom stereocenters. The van der Waals surface area contributed by atoms with E-state index in [0.29, 0.717) is 35.1 Å². The van der Waals surface area contributed by atoms with Crippen molar-refractivity contribution in [2.45, 2.75) is 39.2 Å². The molecule has 0 radical (unpaired) electrons. The zero-order valence-corrected chi connectivity index (χ0v) is 18.9. The number of amides is 1. The number of fused-ring (bicyclic) bond motifs is 2. The quantitative estimate of drug-likeness (QED) is 0.443. The minimum atomic E-state index is -4.45. The molecule has 3 aromatic heterocycles. The summed E-state index contributed by atoms with van der Waals surface area (Å²) in [7, 11) is 0. The molecule has 35 heavy (non-hydrogen) atoms. The van der Waals surface area contributed by atoms with Crippen molar-refractivity contribution in [1.82, 2.24) is 25.6 Å². The van der Waals surface area contributed by atoms with Gasteiger partial charge in [-0.15, -0.1) is 0 Å². The number of rotatable bonds is 5. The average Bonchev–Trinajstić information content (AvgIpc) is 3.28. The Morgan fingerprint density at radius 3 is 2.77 bits per heavy atom. The van der Waals surface area contributed by atoms with Gasteiger partial charge in [-0.25, -0.2) is 0 Å². The summed E-state index contributed by atoms with van der Waals surface area (Å²) in [6.07, 6.45) is -1.69. The fourth-order valence-corrected chi connectivity index (χ4v) is 4.19. The smallest absolute Gasteiger partial charge is 0.348 e. The Morgan fingerprint density at radius 2 is 1.94 bits per heavy atom. The van der Waals surface area contributed by atoms with Gasteiger partial charge >= 0.3 is 6.18 Å². The molecule has 0 spiro atoms. The fourth-order valence-electron chi connectivity index (χ4n) is 4.19. The summed E-state index contributed by atoms with van der Waals surface area (Å²) in [5.74, 6) is -0.232. The standard InChI is InChI=1S/C26H22F3N5O/c1-15-19(8-20-11-30-14-24(20)34-15)12-33-25(35)17-4-5-31-22(10-17)7-16-2-3-23-18(6-16)9-21(13-32-23)26(27,28)29/h2-6,8-10,13,30H,7,11-12,14H2,1H3,(H,33,35). The third-order valence-electron chi connectivity index (χ3n) is 6.07. The van der Waals surface area contributed by atoms with E-state index in [2.05, 4.69) is 31.7 Å². The van der Waals surface area contributed by atoms with E-state index in [-0.39, 0.29) is 5.91 Å². The van der Waals surface area contributed by atoms with Gasteiger partial charge in [-0.3, -0.25) is 19.7 Å². The minimum Gasteiger partial charge on any atom is -0.348 e. The van der Waals surface area contributed by atoms with E-state index in [1.165, 1.54) is 0 Å². The molecule has 1 aromatic carbocycles. The highest BCUT2D eigenvalue weighted by Crippen LogP contribution is 2.30. The van der Waals surface area contributed by atoms with Gasteiger partial charge in [0.05, 0.1) is 16.8 Å². The summed E-state index contributed by atoms with van der Waals surface area (Å²) in [6, 6.07) is 11.7. The number of aryl methyl sites for hydroxylation is 1. The van der Waals surface area contributed by atoms with Crippen LogP contribution in [0.2, 0.25) is 0 Å². The summed E-state index contributed by atoms with van der Waals surface area (Å²) in [4.78, 5) is 25.6. The molecule has 0 saturated carbocycles. The number of halogens is 3. The number of nitrogens with one attached hydrogen (secondary N) is 2. The maximum atomic E-state index is 13.0. The summed E-state index contributed by atoms with van der Waals surface area (Å²) < 4.78 is 39.1. The SMILES string of the molecule is Cc1nc2c(cc1CNC(=O)c1ccnc(Cc3ccc4ncc(C(F)(F)F)cc4c3)c1)CNC2. The van der Waals surface area contributed by atoms with E-state index in [1.807, 2.05) is 6.92 Å². The third-order valence-corrected chi connectivity index (χ3v) is 6.07. The first-order chi connectivity index (χ1) is 16.8. The number of carbonyl (C=O) groups is 1. The largest absolute Gasteiger partial charge is 0.417 e. The highest BCUT2D eigenvalue weighted by molar-refractivity contribution is 5.94. The van der Waals surface area contributed by atoms with Crippen LogP contribution in [0.4, 0.5) is 13.2 Å². The summed E-state index contributed by atoms with van der Waals surface area (Å²) in [5, 5.41) is 6.61. The zero-order chi connectivity index (χ0) is 24.6. The molecule has 0 atom stereocenters. The number of alkyl halides is 3. The van der Waals surface area contributed by atoms with E-state index in [9.17, 15) is 18.0 Å². The van der Waals surface area contributed by atoms with Crippen molar-refractivity contribution in [3.8, 4) is 0 Å². The molecule has 0 bridgehead atoms. The van der Waals surface area contributed by atoms with Gasteiger partial charge in [-0.1, -0.05) is 6.07 Å². The molecule has 5 rings (SSSR count). The van der Waals surface area contributed by atoms with Gasteiger partial charge < -0.3 is 10.6 Å². The predicted molar refractivity (Wildman–Crippen MR) is 124 cm³/mol. The maximum Gasteiger partial charge on any atom is 0.417 e. The van der Waals surface area contributed by atoms with Crippen molar-refractivity contribution in [1.29, 1.82) is 0 Å². The van der Waals surface area contributed by atoms with Gasteiger partial charge in [0.1, 0.15) is 0 Å². The predicted octanol–water partition coefficient (Wildman–Crippen LogP) is 4.48. The normalized spacial score (nSPS) is 13.1. The molecular formula is C26H22F3N5O. The van der Waals surface area contributed by atoms with Gasteiger partial charge in [-0.05, 0) is 60.0 Å². The second-order valence-corrected chi connectivity index (χ2v) is 8.59. The molecule has 2 N–H and O–H groups in total. The average molecular weight is 477 g/mol. The van der Waals surface area contributed by atoms with Gasteiger partial charge in [0.25, 0.3) is 5.91 Å². The van der Waals surface area contributed by atoms with Gasteiger partial charge in [0, 0.05) is 60.8 Å². The lowest BCUT2D eigenvalue weighted by atomic mass is 10.0. The molecule has 0 fully saturated rings. The first-order valence-electron chi connectivity index (χ1n) is 11.1. The second-order valence-electron chi connectivity index (χ2n) is 8.59. The molecule has 9 heteroatoms. The van der Waals surface area contributed by atoms with Crippen LogP contribution in [0.5, 0.6) is 0 Å². The molecule has 6 nitrogen and oxygen atoms in total. The Balaban J connectivity index is 1.30. The van der Waals surface area contributed by atoms with E-state index < -0.39 is 11.7 Å². The monoisotopic (exact) mass is 477 g/mol. The molecule has 0 aliphatic carbocycles. The minimum absolute atomic E-state index is 0.232. The number of hydrogen-bond donors (Lipinski definition) is 2. The Kier molecular flexibility index (Phi) is 5.94. The van der Waals surface area contributed by atoms with Crippen molar-refractivity contribution in [3.63, 3.8) is 0 Å². The summed E-state index contributed by atoms with van der Waals surface area (Å²) >= 11 is 0. The van der Waals surface area contributed by atoms with Crippen molar-refractivity contribution >= 4 is 16.8 Å². The Bertz CT molecular complexity index is 1430. The molecule has 1 aliphatic rings.